The maximum Gasteiger partial charge on any atom is 0.333 e. The molecule has 0 N–H and O–H groups in total. The van der Waals surface area contributed by atoms with E-state index in [-0.39, 0.29) is 5.97 Å². The summed E-state index contributed by atoms with van der Waals surface area (Å²) in [5.74, 6) is -0.161. The van der Waals surface area contributed by atoms with Crippen LogP contribution in [-0.4, -0.2) is 14.0 Å². The van der Waals surface area contributed by atoms with Gasteiger partial charge in [0.15, 0.2) is 0 Å². The average Bonchev–Trinajstić information content (AvgIpc) is 2.33. The minimum Gasteiger partial charge on any atom is -0.457 e. The Morgan fingerprint density at radius 3 is 2.16 bits per heavy atom. The second-order valence-corrected chi connectivity index (χ2v) is 11.8. The Hall–Kier alpha value is -1.35. The number of rotatable bonds is 5. The molecule has 104 valence electrons. The predicted molar refractivity (Wildman–Crippen MR) is 82.8 cm³/mol. The maximum atomic E-state index is 12.2. The van der Waals surface area contributed by atoms with Crippen LogP contribution in [-0.2, 0) is 16.1 Å². The van der Waals surface area contributed by atoms with Crippen molar-refractivity contribution in [3.8, 4) is 0 Å². The van der Waals surface area contributed by atoms with Gasteiger partial charge in [0.05, 0.1) is 0 Å². The lowest BCUT2D eigenvalue weighted by atomic mass is 10.2. The number of hydrogen-bond acceptors (Lipinski definition) is 2. The lowest BCUT2D eigenvalue weighted by Gasteiger charge is -2.19. The van der Waals surface area contributed by atoms with Crippen LogP contribution in [0.5, 0.6) is 0 Å². The summed E-state index contributed by atoms with van der Waals surface area (Å²) in [5.41, 5.74) is 2.95. The fourth-order valence-corrected chi connectivity index (χ4v) is 3.35. The van der Waals surface area contributed by atoms with Gasteiger partial charge in [0.1, 0.15) is 6.61 Å². The van der Waals surface area contributed by atoms with E-state index in [1.54, 1.807) is 0 Å². The van der Waals surface area contributed by atoms with E-state index in [1.807, 2.05) is 44.2 Å². The largest absolute Gasteiger partial charge is 0.457 e. The first-order valence-corrected chi connectivity index (χ1v) is 10.4. The highest BCUT2D eigenvalue weighted by Gasteiger charge is 2.22. The van der Waals surface area contributed by atoms with Crippen molar-refractivity contribution < 1.29 is 9.53 Å². The van der Waals surface area contributed by atoms with Crippen LogP contribution in [0.15, 0.2) is 41.5 Å². The zero-order valence-electron chi connectivity index (χ0n) is 12.6. The molecule has 1 rings (SSSR count). The molecule has 0 bridgehead atoms. The highest BCUT2D eigenvalue weighted by molar-refractivity contribution is 6.77. The van der Waals surface area contributed by atoms with E-state index in [1.165, 1.54) is 0 Å². The van der Waals surface area contributed by atoms with Crippen LogP contribution in [0, 0.1) is 0 Å². The van der Waals surface area contributed by atoms with Crippen molar-refractivity contribution in [1.29, 1.82) is 0 Å². The molecule has 0 saturated heterocycles. The van der Waals surface area contributed by atoms with Crippen molar-refractivity contribution in [2.24, 2.45) is 0 Å². The van der Waals surface area contributed by atoms with Crippen molar-refractivity contribution in [3.63, 3.8) is 0 Å². The maximum absolute atomic E-state index is 12.2. The Balaban J connectivity index is 2.67. The van der Waals surface area contributed by atoms with Gasteiger partial charge in [-0.25, -0.2) is 4.79 Å². The topological polar surface area (TPSA) is 26.3 Å². The van der Waals surface area contributed by atoms with Gasteiger partial charge >= 0.3 is 5.97 Å². The zero-order chi connectivity index (χ0) is 14.5. The molecule has 0 fully saturated rings. The summed E-state index contributed by atoms with van der Waals surface area (Å²) < 4.78 is 5.42. The average molecular weight is 276 g/mol. The van der Waals surface area contributed by atoms with Crippen LogP contribution in [0.3, 0.4) is 0 Å². The molecule has 0 unspecified atom stereocenters. The molecule has 19 heavy (non-hydrogen) atoms. The molecule has 0 aliphatic carbocycles. The quantitative estimate of drug-likeness (QED) is 0.452. The summed E-state index contributed by atoms with van der Waals surface area (Å²) in [6, 6.07) is 10.7. The lowest BCUT2D eigenvalue weighted by Crippen LogP contribution is -2.24. The third-order valence-corrected chi connectivity index (χ3v) is 4.18. The molecule has 0 amide bonds. The standard InChI is InChI=1S/C16H24O2Si/c1-13(2)15(12-19(3,4)5)16(17)18-11-14-9-7-6-8-10-14/h6-10H,11-12H2,1-5H3. The lowest BCUT2D eigenvalue weighted by molar-refractivity contribution is -0.140. The van der Waals surface area contributed by atoms with Crippen LogP contribution in [0.25, 0.3) is 0 Å². The molecule has 0 aromatic heterocycles. The van der Waals surface area contributed by atoms with Crippen molar-refractivity contribution in [2.45, 2.75) is 46.1 Å². The van der Waals surface area contributed by atoms with Gasteiger partial charge in [-0.1, -0.05) is 55.5 Å². The van der Waals surface area contributed by atoms with Crippen molar-refractivity contribution >= 4 is 14.0 Å². The monoisotopic (exact) mass is 276 g/mol. The smallest absolute Gasteiger partial charge is 0.333 e. The summed E-state index contributed by atoms with van der Waals surface area (Å²) >= 11 is 0. The molecule has 0 aliphatic rings. The predicted octanol–water partition coefficient (Wildman–Crippen LogP) is 4.40. The first kappa shape index (κ1) is 15.7. The highest BCUT2D eigenvalue weighted by Crippen LogP contribution is 2.21. The van der Waals surface area contributed by atoms with Crippen LogP contribution < -0.4 is 0 Å². The molecule has 0 saturated carbocycles. The van der Waals surface area contributed by atoms with E-state index in [2.05, 4.69) is 19.6 Å². The van der Waals surface area contributed by atoms with E-state index < -0.39 is 8.07 Å². The summed E-state index contributed by atoms with van der Waals surface area (Å²) in [4.78, 5) is 12.2. The first-order valence-electron chi connectivity index (χ1n) is 6.67. The van der Waals surface area contributed by atoms with Crippen LogP contribution in [0.1, 0.15) is 19.4 Å². The highest BCUT2D eigenvalue weighted by atomic mass is 28.3. The van der Waals surface area contributed by atoms with Crippen LogP contribution >= 0.6 is 0 Å². The molecular weight excluding hydrogens is 252 g/mol. The summed E-state index contributed by atoms with van der Waals surface area (Å²) in [7, 11) is -1.31. The minimum atomic E-state index is -1.31. The second kappa shape index (κ2) is 6.71. The SMILES string of the molecule is CC(C)=C(C[Si](C)(C)C)C(=O)OCc1ccccc1. The van der Waals surface area contributed by atoms with Crippen molar-refractivity contribution in [2.75, 3.05) is 0 Å². The van der Waals surface area contributed by atoms with Gasteiger partial charge in [0.25, 0.3) is 0 Å². The molecule has 0 spiro atoms. The molecular formula is C16H24O2Si. The molecule has 0 heterocycles. The third-order valence-electron chi connectivity index (χ3n) is 2.77. The first-order chi connectivity index (χ1) is 8.79. The summed E-state index contributed by atoms with van der Waals surface area (Å²) in [6.45, 7) is 11.1. The molecule has 2 nitrogen and oxygen atoms in total. The fourth-order valence-electron chi connectivity index (χ4n) is 1.79. The van der Waals surface area contributed by atoms with E-state index >= 15 is 0 Å². The molecule has 1 aromatic rings. The minimum absolute atomic E-state index is 0.161. The van der Waals surface area contributed by atoms with Gasteiger partial charge in [-0.15, -0.1) is 0 Å². The van der Waals surface area contributed by atoms with Gasteiger partial charge in [0.2, 0.25) is 0 Å². The van der Waals surface area contributed by atoms with Gasteiger partial charge in [0, 0.05) is 13.6 Å². The third kappa shape index (κ3) is 5.88. The van der Waals surface area contributed by atoms with Gasteiger partial charge in [-0.2, -0.15) is 0 Å². The summed E-state index contributed by atoms with van der Waals surface area (Å²) in [5, 5.41) is 0. The molecule has 0 atom stereocenters. The molecule has 3 heteroatoms. The zero-order valence-corrected chi connectivity index (χ0v) is 13.6. The Labute approximate surface area is 117 Å². The van der Waals surface area contributed by atoms with Gasteiger partial charge in [-0.3, -0.25) is 0 Å². The number of benzene rings is 1. The van der Waals surface area contributed by atoms with Crippen LogP contribution in [0.2, 0.25) is 25.7 Å². The number of ether oxygens (including phenoxy) is 1. The Bertz CT molecular complexity index is 451. The number of carbonyl (C=O) groups is 1. The fraction of sp³-hybridized carbons (Fsp3) is 0.438. The Morgan fingerprint density at radius 2 is 1.68 bits per heavy atom. The normalized spacial score (nSPS) is 11.0. The van der Waals surface area contributed by atoms with Crippen molar-refractivity contribution in [3.05, 3.63) is 47.0 Å². The van der Waals surface area contributed by atoms with Gasteiger partial charge < -0.3 is 4.74 Å². The van der Waals surface area contributed by atoms with E-state index in [9.17, 15) is 4.79 Å². The number of allylic oxidation sites excluding steroid dienone is 1. The van der Waals surface area contributed by atoms with Gasteiger partial charge in [-0.05, 0) is 25.5 Å². The molecule has 0 radical (unpaired) electrons. The van der Waals surface area contributed by atoms with Crippen LogP contribution in [0.4, 0.5) is 0 Å². The Morgan fingerprint density at radius 1 is 1.11 bits per heavy atom. The number of carbonyl (C=O) groups excluding carboxylic acids is 1. The molecule has 1 aromatic carbocycles. The van der Waals surface area contributed by atoms with Crippen molar-refractivity contribution in [1.82, 2.24) is 0 Å². The van der Waals surface area contributed by atoms with E-state index in [4.69, 9.17) is 4.74 Å². The number of esters is 1. The summed E-state index contributed by atoms with van der Waals surface area (Å²) in [6.07, 6.45) is 0. The van der Waals surface area contributed by atoms with E-state index in [0.29, 0.717) is 6.61 Å². The number of hydrogen-bond donors (Lipinski definition) is 0. The molecule has 0 aliphatic heterocycles. The second-order valence-electron chi connectivity index (χ2n) is 6.28. The Kier molecular flexibility index (Phi) is 5.55. The van der Waals surface area contributed by atoms with E-state index in [0.717, 1.165) is 22.8 Å².